The number of carbonyl (C=O) groups excluding carboxylic acids is 5. The molecule has 5 heterocycles. The molecule has 17 nitrogen and oxygen atoms in total. The van der Waals surface area contributed by atoms with Gasteiger partial charge in [0.15, 0.2) is 6.61 Å². The van der Waals surface area contributed by atoms with Crippen LogP contribution in [-0.2, 0) is 28.6 Å². The van der Waals surface area contributed by atoms with Crippen molar-refractivity contribution < 1.29 is 42.9 Å². The Morgan fingerprint density at radius 3 is 2.53 bits per heavy atom. The van der Waals surface area contributed by atoms with Crippen LogP contribution < -0.4 is 20.7 Å². The predicted molar refractivity (Wildman–Crippen MR) is 211 cm³/mol. The monoisotopic (exact) mass is 816 g/mol. The Balaban J connectivity index is 0.719. The number of aromatic nitrogens is 3. The highest BCUT2D eigenvalue weighted by molar-refractivity contribution is 6.33. The summed E-state index contributed by atoms with van der Waals surface area (Å²) in [5, 5.41) is 9.89. The second kappa shape index (κ2) is 19.3. The van der Waals surface area contributed by atoms with E-state index in [-0.39, 0.29) is 48.9 Å². The van der Waals surface area contributed by atoms with Gasteiger partial charge in [0.1, 0.15) is 11.8 Å². The molecule has 4 N–H and O–H groups in total. The Hall–Kier alpha value is -5.46. The van der Waals surface area contributed by atoms with Crippen molar-refractivity contribution in [2.75, 3.05) is 77.7 Å². The number of anilines is 1. The lowest BCUT2D eigenvalue weighted by Gasteiger charge is -2.33. The van der Waals surface area contributed by atoms with Crippen molar-refractivity contribution in [3.8, 4) is 17.0 Å². The first kappa shape index (κ1) is 40.7. The fourth-order valence-corrected chi connectivity index (χ4v) is 7.44. The summed E-state index contributed by atoms with van der Waals surface area (Å²) in [6.07, 6.45) is 5.69. The van der Waals surface area contributed by atoms with Crippen molar-refractivity contribution in [2.24, 2.45) is 0 Å². The van der Waals surface area contributed by atoms with Crippen LogP contribution in [0.1, 0.15) is 46.4 Å². The van der Waals surface area contributed by atoms with Gasteiger partial charge < -0.3 is 34.6 Å². The third-order valence-corrected chi connectivity index (χ3v) is 10.4. The molecule has 306 valence electrons. The molecule has 5 amide bonds. The maximum atomic E-state index is 13.2. The number of nitrogens with zero attached hydrogens (tertiary/aromatic N) is 4. The van der Waals surface area contributed by atoms with Crippen molar-refractivity contribution in [2.45, 2.75) is 37.8 Å². The first-order chi connectivity index (χ1) is 28.3. The van der Waals surface area contributed by atoms with E-state index in [4.69, 9.17) is 35.5 Å². The number of fused-ring (bicyclic) bond motifs is 2. The average molecular weight is 817 g/mol. The van der Waals surface area contributed by atoms with E-state index in [1.54, 1.807) is 6.20 Å². The zero-order valence-electron chi connectivity index (χ0n) is 31.8. The molecule has 0 aliphatic carbocycles. The van der Waals surface area contributed by atoms with Gasteiger partial charge in [-0.15, -0.1) is 0 Å². The minimum atomic E-state index is -1.10. The fourth-order valence-electron chi connectivity index (χ4n) is 7.25. The molecule has 3 aliphatic rings. The molecule has 3 aliphatic heterocycles. The number of amides is 5. The van der Waals surface area contributed by atoms with Crippen molar-refractivity contribution in [1.82, 2.24) is 35.4 Å². The number of carbonyl (C=O) groups is 5. The number of halogens is 1. The first-order valence-corrected chi connectivity index (χ1v) is 19.7. The van der Waals surface area contributed by atoms with Gasteiger partial charge in [0.05, 0.1) is 67.7 Å². The molecular weight excluding hydrogens is 772 g/mol. The normalized spacial score (nSPS) is 18.4. The number of H-pyrrole nitrogens is 1. The van der Waals surface area contributed by atoms with Gasteiger partial charge in [0.25, 0.3) is 17.7 Å². The Morgan fingerprint density at radius 1 is 0.914 bits per heavy atom. The lowest BCUT2D eigenvalue weighted by Crippen LogP contribution is -2.54. The van der Waals surface area contributed by atoms with Crippen LogP contribution in [0.5, 0.6) is 5.75 Å². The minimum Gasteiger partial charge on any atom is -0.483 e. The Labute approximate surface area is 339 Å². The summed E-state index contributed by atoms with van der Waals surface area (Å²) in [6.45, 7) is 4.90. The van der Waals surface area contributed by atoms with E-state index in [0.717, 1.165) is 53.8 Å². The third-order valence-electron chi connectivity index (χ3n) is 10.1. The number of nitrogens with one attached hydrogen (secondary N) is 4. The van der Waals surface area contributed by atoms with Gasteiger partial charge in [-0.3, -0.25) is 39.1 Å². The molecule has 0 spiro atoms. The number of hydrogen-bond donors (Lipinski definition) is 4. The highest BCUT2D eigenvalue weighted by Gasteiger charge is 2.46. The number of hydrogen-bond acceptors (Lipinski definition) is 13. The topological polar surface area (TPSA) is 206 Å². The Kier molecular flexibility index (Phi) is 13.6. The summed E-state index contributed by atoms with van der Waals surface area (Å²) in [4.78, 5) is 78.1. The number of aromatic amines is 1. The van der Waals surface area contributed by atoms with Crippen molar-refractivity contribution in [3.05, 3.63) is 71.0 Å². The van der Waals surface area contributed by atoms with Gasteiger partial charge >= 0.3 is 0 Å². The van der Waals surface area contributed by atoms with Gasteiger partial charge in [-0.05, 0) is 44.0 Å². The van der Waals surface area contributed by atoms with Crippen LogP contribution in [0.3, 0.4) is 0 Å². The molecule has 2 atom stereocenters. The molecule has 0 saturated carbocycles. The van der Waals surface area contributed by atoms with E-state index in [1.165, 1.54) is 18.2 Å². The van der Waals surface area contributed by atoms with Crippen LogP contribution in [-0.4, -0.2) is 139 Å². The number of para-hydroxylation sites is 1. The largest absolute Gasteiger partial charge is 0.483 e. The standard InChI is InChI=1S/C40H45ClN8O9/c41-29-22-44-40(47-36(29)28-21-43-30-8-2-1-6-26(28)30)45-25-5-4-13-48(23-25)14-16-56-18-20-57-19-17-55-15-12-42-34(51)24-58-32-9-3-7-27-35(32)39(54)49(38(27)53)31-10-11-33(50)46-37(31)52/h1-3,6-9,21-22,25,31,43H,4-5,10-20,23-24H2,(H,42,51)(H,44,45,47)(H,46,50,52). The fraction of sp³-hybridized carbons (Fsp3) is 0.425. The molecule has 2 aromatic carbocycles. The second-order valence-corrected chi connectivity index (χ2v) is 14.4. The molecule has 0 radical (unpaired) electrons. The summed E-state index contributed by atoms with van der Waals surface area (Å²) in [5.41, 5.74) is 2.70. The predicted octanol–water partition coefficient (Wildman–Crippen LogP) is 2.80. The molecule has 0 bridgehead atoms. The lowest BCUT2D eigenvalue weighted by molar-refractivity contribution is -0.136. The van der Waals surface area contributed by atoms with Gasteiger partial charge in [0.2, 0.25) is 17.8 Å². The maximum Gasteiger partial charge on any atom is 0.266 e. The molecule has 58 heavy (non-hydrogen) atoms. The van der Waals surface area contributed by atoms with Crippen molar-refractivity contribution >= 4 is 58.0 Å². The third kappa shape index (κ3) is 9.79. The van der Waals surface area contributed by atoms with Crippen LogP contribution in [0.2, 0.25) is 5.02 Å². The number of likely N-dealkylation sites (tertiary alicyclic amines) is 1. The number of rotatable bonds is 19. The van der Waals surface area contributed by atoms with Gasteiger partial charge in [-0.2, -0.15) is 0 Å². The Morgan fingerprint density at radius 2 is 1.71 bits per heavy atom. The van der Waals surface area contributed by atoms with Crippen LogP contribution in [0.4, 0.5) is 5.95 Å². The summed E-state index contributed by atoms with van der Waals surface area (Å²) < 4.78 is 22.5. The molecule has 4 aromatic rings. The number of benzene rings is 2. The zero-order chi connectivity index (χ0) is 40.4. The van der Waals surface area contributed by atoms with Crippen molar-refractivity contribution in [3.63, 3.8) is 0 Å². The summed E-state index contributed by atoms with van der Waals surface area (Å²) in [6, 6.07) is 11.6. The van der Waals surface area contributed by atoms with E-state index in [9.17, 15) is 24.0 Å². The molecule has 18 heteroatoms. The van der Waals surface area contributed by atoms with Gasteiger partial charge in [-0.25, -0.2) is 9.97 Å². The molecule has 7 rings (SSSR count). The van der Waals surface area contributed by atoms with Crippen LogP contribution in [0, 0.1) is 0 Å². The van der Waals surface area contributed by atoms with Gasteiger partial charge in [-0.1, -0.05) is 35.9 Å². The Bertz CT molecular complexity index is 2150. The maximum absolute atomic E-state index is 13.2. The zero-order valence-corrected chi connectivity index (χ0v) is 32.6. The van der Waals surface area contributed by atoms with E-state index in [1.807, 2.05) is 30.5 Å². The molecular formula is C40H45ClN8O9. The summed E-state index contributed by atoms with van der Waals surface area (Å²) in [7, 11) is 0. The first-order valence-electron chi connectivity index (χ1n) is 19.3. The minimum absolute atomic E-state index is 0.0131. The van der Waals surface area contributed by atoms with Crippen LogP contribution in [0.15, 0.2) is 54.9 Å². The van der Waals surface area contributed by atoms with E-state index < -0.39 is 42.2 Å². The SMILES string of the molecule is O=C(COc1cccc2c1C(=O)N(C1CCC(=O)NC1=O)C2=O)NCCOCCOCCOCCN1CCCC(Nc2ncc(Cl)c(-c3c[nH]c4ccccc34)n2)C1. The van der Waals surface area contributed by atoms with E-state index >= 15 is 0 Å². The van der Waals surface area contributed by atoms with Crippen LogP contribution in [0.25, 0.3) is 22.2 Å². The number of piperidine rings is 2. The average Bonchev–Trinajstić information content (AvgIpc) is 3.76. The molecule has 2 aromatic heterocycles. The van der Waals surface area contributed by atoms with Gasteiger partial charge in [0, 0.05) is 54.8 Å². The molecule has 2 fully saturated rings. The number of imide groups is 2. The number of ether oxygens (including phenoxy) is 4. The van der Waals surface area contributed by atoms with Crippen molar-refractivity contribution in [1.29, 1.82) is 0 Å². The second-order valence-electron chi connectivity index (χ2n) is 14.0. The summed E-state index contributed by atoms with van der Waals surface area (Å²) in [5.74, 6) is -2.37. The molecule has 2 saturated heterocycles. The lowest BCUT2D eigenvalue weighted by atomic mass is 10.0. The van der Waals surface area contributed by atoms with E-state index in [0.29, 0.717) is 49.7 Å². The van der Waals surface area contributed by atoms with Crippen LogP contribution >= 0.6 is 11.6 Å². The highest BCUT2D eigenvalue weighted by Crippen LogP contribution is 2.34. The smallest absolute Gasteiger partial charge is 0.266 e. The quantitative estimate of drug-likeness (QED) is 0.0795. The van der Waals surface area contributed by atoms with E-state index in [2.05, 4.69) is 30.8 Å². The highest BCUT2D eigenvalue weighted by atomic mass is 35.5. The molecule has 2 unspecified atom stereocenters. The summed E-state index contributed by atoms with van der Waals surface area (Å²) >= 11 is 6.52.